The molecule has 0 saturated carbocycles. The van der Waals surface area contributed by atoms with Crippen LogP contribution in [0, 0.1) is 0 Å². The number of phenols is 2. The standard InChI is InChI=1S/C18H19NO2/c20-17-8-7-12(10-18(17)21)15-11-19-9-3-6-16(19)14-5-2-1-4-13(14)15/h1-2,4-5,7-8,10,15-16,20-21H,3,6,9,11H2/t15-,16-/m0/s1. The molecule has 2 N–H and O–H groups in total. The van der Waals surface area contributed by atoms with Gasteiger partial charge in [-0.25, -0.2) is 0 Å². The minimum atomic E-state index is -0.0538. The van der Waals surface area contributed by atoms with E-state index >= 15 is 0 Å². The smallest absolute Gasteiger partial charge is 0.157 e. The SMILES string of the molecule is Oc1ccc([C@@H]2CN3CCC[C@H]3c3ccccc32)cc1O. The van der Waals surface area contributed by atoms with Crippen LogP contribution in [0.1, 0.15) is 41.5 Å². The summed E-state index contributed by atoms with van der Waals surface area (Å²) in [5.41, 5.74) is 3.87. The van der Waals surface area contributed by atoms with Gasteiger partial charge in [0.15, 0.2) is 11.5 Å². The van der Waals surface area contributed by atoms with Crippen molar-refractivity contribution in [1.29, 1.82) is 0 Å². The van der Waals surface area contributed by atoms with Gasteiger partial charge in [-0.15, -0.1) is 0 Å². The van der Waals surface area contributed by atoms with Gasteiger partial charge in [-0.05, 0) is 48.2 Å². The summed E-state index contributed by atoms with van der Waals surface area (Å²) < 4.78 is 0. The summed E-state index contributed by atoms with van der Waals surface area (Å²) in [6.45, 7) is 2.14. The zero-order valence-corrected chi connectivity index (χ0v) is 11.9. The third-order valence-corrected chi connectivity index (χ3v) is 4.91. The van der Waals surface area contributed by atoms with Crippen LogP contribution in [0.4, 0.5) is 0 Å². The van der Waals surface area contributed by atoms with Crippen molar-refractivity contribution in [2.75, 3.05) is 13.1 Å². The highest BCUT2D eigenvalue weighted by Gasteiger charge is 2.36. The second-order valence-electron chi connectivity index (χ2n) is 6.08. The van der Waals surface area contributed by atoms with Crippen molar-refractivity contribution in [2.45, 2.75) is 24.8 Å². The fourth-order valence-corrected chi connectivity index (χ4v) is 3.90. The summed E-state index contributed by atoms with van der Waals surface area (Å²) in [6, 6.07) is 14.4. The van der Waals surface area contributed by atoms with Gasteiger partial charge in [0, 0.05) is 18.5 Å². The van der Waals surface area contributed by atoms with E-state index in [1.165, 1.54) is 24.0 Å². The summed E-state index contributed by atoms with van der Waals surface area (Å²) >= 11 is 0. The van der Waals surface area contributed by atoms with Crippen LogP contribution in [0.3, 0.4) is 0 Å². The van der Waals surface area contributed by atoms with Gasteiger partial charge in [0.2, 0.25) is 0 Å². The summed E-state index contributed by atoms with van der Waals surface area (Å²) in [5.74, 6) is 0.178. The molecule has 0 amide bonds. The van der Waals surface area contributed by atoms with E-state index in [0.717, 1.165) is 18.7 Å². The molecule has 0 bridgehead atoms. The third kappa shape index (κ3) is 2.00. The minimum absolute atomic E-state index is 0.0338. The number of phenolic OH excluding ortho intramolecular Hbond substituents is 2. The van der Waals surface area contributed by atoms with Crippen LogP contribution in [0.5, 0.6) is 11.5 Å². The molecule has 0 spiro atoms. The molecule has 0 aliphatic carbocycles. The number of rotatable bonds is 1. The van der Waals surface area contributed by atoms with Crippen LogP contribution in [0.25, 0.3) is 0 Å². The molecular weight excluding hydrogens is 262 g/mol. The lowest BCUT2D eigenvalue weighted by atomic mass is 9.81. The molecule has 2 aliphatic heterocycles. The molecule has 0 unspecified atom stereocenters. The van der Waals surface area contributed by atoms with E-state index in [4.69, 9.17) is 0 Å². The van der Waals surface area contributed by atoms with Crippen LogP contribution in [-0.2, 0) is 0 Å². The lowest BCUT2D eigenvalue weighted by Gasteiger charge is -2.37. The Hall–Kier alpha value is -2.00. The average Bonchev–Trinajstić information content (AvgIpc) is 2.98. The number of hydrogen-bond donors (Lipinski definition) is 2. The molecule has 2 aromatic rings. The predicted octanol–water partition coefficient (Wildman–Crippen LogP) is 3.38. The first kappa shape index (κ1) is 12.7. The van der Waals surface area contributed by atoms with Gasteiger partial charge in [-0.2, -0.15) is 0 Å². The average molecular weight is 281 g/mol. The van der Waals surface area contributed by atoms with E-state index in [2.05, 4.69) is 29.2 Å². The first-order chi connectivity index (χ1) is 10.2. The first-order valence-corrected chi connectivity index (χ1v) is 7.59. The van der Waals surface area contributed by atoms with E-state index < -0.39 is 0 Å². The molecule has 1 fully saturated rings. The van der Waals surface area contributed by atoms with Crippen molar-refractivity contribution < 1.29 is 10.2 Å². The van der Waals surface area contributed by atoms with Gasteiger partial charge in [-0.1, -0.05) is 30.3 Å². The highest BCUT2D eigenvalue weighted by molar-refractivity contribution is 5.47. The normalized spacial score (nSPS) is 24.6. The van der Waals surface area contributed by atoms with E-state index in [0.29, 0.717) is 6.04 Å². The maximum Gasteiger partial charge on any atom is 0.157 e. The Morgan fingerprint density at radius 1 is 0.952 bits per heavy atom. The highest BCUT2D eigenvalue weighted by Crippen LogP contribution is 2.44. The largest absolute Gasteiger partial charge is 0.504 e. The number of fused-ring (bicyclic) bond motifs is 3. The molecule has 0 radical (unpaired) electrons. The number of aromatic hydroxyl groups is 2. The summed E-state index contributed by atoms with van der Waals surface area (Å²) in [6.07, 6.45) is 2.50. The van der Waals surface area contributed by atoms with Gasteiger partial charge in [-0.3, -0.25) is 4.90 Å². The predicted molar refractivity (Wildman–Crippen MR) is 81.6 cm³/mol. The zero-order valence-electron chi connectivity index (χ0n) is 11.9. The molecular formula is C18H19NO2. The number of hydrogen-bond acceptors (Lipinski definition) is 3. The molecule has 2 aliphatic rings. The van der Waals surface area contributed by atoms with Gasteiger partial charge < -0.3 is 10.2 Å². The lowest BCUT2D eigenvalue weighted by molar-refractivity contribution is 0.230. The first-order valence-electron chi connectivity index (χ1n) is 7.59. The Bertz CT molecular complexity index is 683. The second-order valence-corrected chi connectivity index (χ2v) is 6.08. The fraction of sp³-hybridized carbons (Fsp3) is 0.333. The highest BCUT2D eigenvalue weighted by atomic mass is 16.3. The van der Waals surface area contributed by atoms with Crippen molar-refractivity contribution in [2.24, 2.45) is 0 Å². The summed E-state index contributed by atoms with van der Waals surface area (Å²) in [4.78, 5) is 2.55. The summed E-state index contributed by atoms with van der Waals surface area (Å²) in [5, 5.41) is 19.3. The maximum absolute atomic E-state index is 9.80. The molecule has 2 aromatic carbocycles. The molecule has 2 atom stereocenters. The molecule has 2 heterocycles. The van der Waals surface area contributed by atoms with E-state index in [9.17, 15) is 10.2 Å². The molecule has 3 nitrogen and oxygen atoms in total. The number of benzene rings is 2. The van der Waals surface area contributed by atoms with Gasteiger partial charge in [0.1, 0.15) is 0 Å². The third-order valence-electron chi connectivity index (χ3n) is 4.91. The molecule has 0 aromatic heterocycles. The Kier molecular flexibility index (Phi) is 2.89. The van der Waals surface area contributed by atoms with E-state index in [1.807, 2.05) is 6.07 Å². The zero-order chi connectivity index (χ0) is 14.4. The van der Waals surface area contributed by atoms with E-state index in [1.54, 1.807) is 12.1 Å². The maximum atomic E-state index is 9.80. The topological polar surface area (TPSA) is 43.7 Å². The van der Waals surface area contributed by atoms with Crippen LogP contribution in [0.2, 0.25) is 0 Å². The molecule has 4 rings (SSSR count). The molecule has 108 valence electrons. The quantitative estimate of drug-likeness (QED) is 0.788. The minimum Gasteiger partial charge on any atom is -0.504 e. The summed E-state index contributed by atoms with van der Waals surface area (Å²) in [7, 11) is 0. The molecule has 3 heteroatoms. The van der Waals surface area contributed by atoms with Crippen LogP contribution in [-0.4, -0.2) is 28.2 Å². The van der Waals surface area contributed by atoms with Crippen molar-refractivity contribution in [3.05, 3.63) is 59.2 Å². The van der Waals surface area contributed by atoms with Crippen molar-refractivity contribution in [3.8, 4) is 11.5 Å². The fourth-order valence-electron chi connectivity index (χ4n) is 3.90. The Morgan fingerprint density at radius 2 is 1.76 bits per heavy atom. The van der Waals surface area contributed by atoms with Crippen molar-refractivity contribution >= 4 is 0 Å². The van der Waals surface area contributed by atoms with Gasteiger partial charge in [0.25, 0.3) is 0 Å². The monoisotopic (exact) mass is 281 g/mol. The number of nitrogens with zero attached hydrogens (tertiary/aromatic N) is 1. The van der Waals surface area contributed by atoms with E-state index in [-0.39, 0.29) is 17.4 Å². The second kappa shape index (κ2) is 4.78. The van der Waals surface area contributed by atoms with Crippen molar-refractivity contribution in [1.82, 2.24) is 4.90 Å². The van der Waals surface area contributed by atoms with Gasteiger partial charge in [0.05, 0.1) is 0 Å². The Morgan fingerprint density at radius 3 is 2.57 bits per heavy atom. The van der Waals surface area contributed by atoms with Crippen LogP contribution < -0.4 is 0 Å². The van der Waals surface area contributed by atoms with Crippen LogP contribution >= 0.6 is 0 Å². The molecule has 1 saturated heterocycles. The Labute approximate surface area is 124 Å². The van der Waals surface area contributed by atoms with Crippen molar-refractivity contribution in [3.63, 3.8) is 0 Å². The molecule has 21 heavy (non-hydrogen) atoms. The van der Waals surface area contributed by atoms with Crippen LogP contribution in [0.15, 0.2) is 42.5 Å². The Balaban J connectivity index is 1.82. The lowest BCUT2D eigenvalue weighted by Crippen LogP contribution is -2.34. The van der Waals surface area contributed by atoms with Gasteiger partial charge >= 0.3 is 0 Å².